The summed E-state index contributed by atoms with van der Waals surface area (Å²) in [5.74, 6) is -1.26. The fourth-order valence-corrected chi connectivity index (χ4v) is 6.78. The molecule has 1 aliphatic carbocycles. The molecule has 4 nitrogen and oxygen atoms in total. The zero-order chi connectivity index (χ0) is 20.9. The van der Waals surface area contributed by atoms with Crippen molar-refractivity contribution < 1.29 is 13.6 Å². The first-order valence-electron chi connectivity index (χ1n) is 10.9. The molecule has 1 unspecified atom stereocenters. The number of likely N-dealkylation sites (tertiary alicyclic amines) is 2. The van der Waals surface area contributed by atoms with Gasteiger partial charge in [-0.1, -0.05) is 18.9 Å². The third-order valence-electron chi connectivity index (χ3n) is 7.33. The fourth-order valence-electron chi connectivity index (χ4n) is 5.76. The van der Waals surface area contributed by atoms with E-state index in [4.69, 9.17) is 0 Å². The van der Waals surface area contributed by atoms with E-state index in [1.807, 2.05) is 5.51 Å². The highest BCUT2D eigenvalue weighted by Crippen LogP contribution is 2.61. The van der Waals surface area contributed by atoms with Crippen molar-refractivity contribution in [3.63, 3.8) is 0 Å². The van der Waals surface area contributed by atoms with Crippen LogP contribution in [0.4, 0.5) is 8.78 Å². The van der Waals surface area contributed by atoms with Gasteiger partial charge in [-0.25, -0.2) is 13.8 Å². The highest BCUT2D eigenvalue weighted by molar-refractivity contribution is 7.09. The molecule has 1 atom stereocenters. The molecule has 0 bridgehead atoms. The number of aryl methyl sites for hydroxylation is 1. The van der Waals surface area contributed by atoms with Crippen molar-refractivity contribution in [1.82, 2.24) is 14.8 Å². The van der Waals surface area contributed by atoms with E-state index in [1.54, 1.807) is 17.4 Å². The molecule has 3 heterocycles. The summed E-state index contributed by atoms with van der Waals surface area (Å²) >= 11 is 1.69. The van der Waals surface area contributed by atoms with Crippen LogP contribution >= 0.6 is 11.3 Å². The van der Waals surface area contributed by atoms with Crippen molar-refractivity contribution in [2.45, 2.75) is 64.1 Å². The van der Waals surface area contributed by atoms with Gasteiger partial charge in [0.15, 0.2) is 11.6 Å². The third-order valence-corrected chi connectivity index (χ3v) is 8.31. The van der Waals surface area contributed by atoms with Crippen LogP contribution in [0, 0.1) is 24.0 Å². The van der Waals surface area contributed by atoms with Crippen LogP contribution in [0.5, 0.6) is 0 Å². The minimum atomic E-state index is -0.806. The Morgan fingerprint density at radius 2 is 1.90 bits per heavy atom. The van der Waals surface area contributed by atoms with Gasteiger partial charge in [-0.3, -0.25) is 9.69 Å². The molecule has 1 spiro atoms. The van der Waals surface area contributed by atoms with Crippen LogP contribution in [0.25, 0.3) is 0 Å². The first-order valence-corrected chi connectivity index (χ1v) is 11.8. The van der Waals surface area contributed by atoms with Crippen LogP contribution in [0.2, 0.25) is 0 Å². The Morgan fingerprint density at radius 3 is 2.53 bits per heavy atom. The molecule has 30 heavy (non-hydrogen) atoms. The van der Waals surface area contributed by atoms with Crippen LogP contribution in [-0.4, -0.2) is 39.8 Å². The van der Waals surface area contributed by atoms with Crippen LogP contribution in [-0.2, 0) is 11.3 Å². The molecule has 0 N–H and O–H groups in total. The number of benzene rings is 1. The third kappa shape index (κ3) is 3.17. The molecule has 2 aliphatic heterocycles. The van der Waals surface area contributed by atoms with Crippen molar-refractivity contribution in [3.8, 4) is 0 Å². The molecular weight excluding hydrogens is 404 g/mol. The molecule has 0 radical (unpaired) electrons. The zero-order valence-corrected chi connectivity index (χ0v) is 18.1. The Hall–Kier alpha value is -1.86. The summed E-state index contributed by atoms with van der Waals surface area (Å²) in [7, 11) is 0. The van der Waals surface area contributed by atoms with Gasteiger partial charge in [-0.2, -0.15) is 0 Å². The van der Waals surface area contributed by atoms with Gasteiger partial charge in [0.1, 0.15) is 0 Å². The largest absolute Gasteiger partial charge is 0.330 e. The summed E-state index contributed by atoms with van der Waals surface area (Å²) in [6, 6.07) is 4.56. The molecular formula is C23H27F2N3OS. The molecule has 1 aromatic carbocycles. The predicted octanol–water partition coefficient (Wildman–Crippen LogP) is 4.84. The van der Waals surface area contributed by atoms with Crippen molar-refractivity contribution in [2.24, 2.45) is 5.41 Å². The number of hydrogen-bond acceptors (Lipinski definition) is 4. The maximum absolute atomic E-state index is 13.5. The Kier molecular flexibility index (Phi) is 5.14. The standard InChI is InChI=1S/C23H27F2N3OS/c1-15-20(30-14-26-15)21-23(8-2-3-9-23)22(29)28(21)17-6-10-27(11-7-17)13-16-4-5-18(24)19(25)12-16/h4-5,12,14,17,21H,2-3,6-11,13H2,1H3. The van der Waals surface area contributed by atoms with Gasteiger partial charge in [-0.15, -0.1) is 11.3 Å². The summed E-state index contributed by atoms with van der Waals surface area (Å²) in [4.78, 5) is 23.5. The van der Waals surface area contributed by atoms with E-state index in [1.165, 1.54) is 17.0 Å². The summed E-state index contributed by atoms with van der Waals surface area (Å²) < 4.78 is 26.7. The van der Waals surface area contributed by atoms with Gasteiger partial charge < -0.3 is 4.90 Å². The average Bonchev–Trinajstić information content (AvgIpc) is 3.40. The van der Waals surface area contributed by atoms with Crippen LogP contribution < -0.4 is 0 Å². The number of nitrogens with zero attached hydrogens (tertiary/aromatic N) is 3. The van der Waals surface area contributed by atoms with Crippen LogP contribution in [0.1, 0.15) is 60.7 Å². The number of amides is 1. The second-order valence-corrected chi connectivity index (χ2v) is 9.92. The second kappa shape index (κ2) is 7.68. The zero-order valence-electron chi connectivity index (χ0n) is 17.2. The number of β-lactam (4-membered cyclic amide) rings is 1. The topological polar surface area (TPSA) is 36.4 Å². The van der Waals surface area contributed by atoms with E-state index in [0.29, 0.717) is 12.5 Å². The van der Waals surface area contributed by atoms with Gasteiger partial charge in [0.2, 0.25) is 5.91 Å². The van der Waals surface area contributed by atoms with Crippen LogP contribution in [0.3, 0.4) is 0 Å². The van der Waals surface area contributed by atoms with E-state index in [0.717, 1.165) is 62.9 Å². The maximum Gasteiger partial charge on any atom is 0.232 e. The lowest BCUT2D eigenvalue weighted by molar-refractivity contribution is -0.180. The number of rotatable bonds is 4. The predicted molar refractivity (Wildman–Crippen MR) is 112 cm³/mol. The first-order chi connectivity index (χ1) is 14.5. The van der Waals surface area contributed by atoms with Gasteiger partial charge in [0.05, 0.1) is 27.5 Å². The molecule has 2 saturated heterocycles. The monoisotopic (exact) mass is 431 g/mol. The van der Waals surface area contributed by atoms with E-state index in [2.05, 4.69) is 21.7 Å². The smallest absolute Gasteiger partial charge is 0.232 e. The second-order valence-electron chi connectivity index (χ2n) is 9.04. The molecule has 1 amide bonds. The number of aromatic nitrogens is 1. The minimum Gasteiger partial charge on any atom is -0.330 e. The van der Waals surface area contributed by atoms with Crippen molar-refractivity contribution in [3.05, 3.63) is 51.5 Å². The number of hydrogen-bond donors (Lipinski definition) is 0. The summed E-state index contributed by atoms with van der Waals surface area (Å²) in [5.41, 5.74) is 3.55. The Balaban J connectivity index is 1.28. The van der Waals surface area contributed by atoms with Crippen molar-refractivity contribution in [1.29, 1.82) is 0 Å². The average molecular weight is 432 g/mol. The van der Waals surface area contributed by atoms with Crippen molar-refractivity contribution in [2.75, 3.05) is 13.1 Å². The molecule has 3 aliphatic rings. The van der Waals surface area contributed by atoms with E-state index in [9.17, 15) is 13.6 Å². The number of carbonyl (C=O) groups is 1. The molecule has 1 saturated carbocycles. The Labute approximate surface area is 179 Å². The lowest BCUT2D eigenvalue weighted by Gasteiger charge is -2.58. The summed E-state index contributed by atoms with van der Waals surface area (Å²) in [6.07, 6.45) is 6.11. The van der Waals surface area contributed by atoms with Gasteiger partial charge in [0.25, 0.3) is 0 Å². The fraction of sp³-hybridized carbons (Fsp3) is 0.565. The summed E-state index contributed by atoms with van der Waals surface area (Å²) in [5, 5.41) is 0. The quantitative estimate of drug-likeness (QED) is 0.650. The molecule has 5 rings (SSSR count). The van der Waals surface area contributed by atoms with Crippen molar-refractivity contribution >= 4 is 17.2 Å². The number of carbonyl (C=O) groups excluding carboxylic acids is 1. The molecule has 1 aromatic heterocycles. The molecule has 160 valence electrons. The molecule has 7 heteroatoms. The first kappa shape index (κ1) is 20.1. The van der Waals surface area contributed by atoms with Gasteiger partial charge in [0, 0.05) is 25.7 Å². The number of piperidine rings is 1. The highest BCUT2D eigenvalue weighted by atomic mass is 32.1. The lowest BCUT2D eigenvalue weighted by atomic mass is 9.67. The Bertz CT molecular complexity index is 948. The highest BCUT2D eigenvalue weighted by Gasteiger charge is 2.63. The molecule has 2 aromatic rings. The van der Waals surface area contributed by atoms with E-state index in [-0.39, 0.29) is 17.5 Å². The number of thiazole rings is 1. The maximum atomic E-state index is 13.5. The number of halogens is 2. The van der Waals surface area contributed by atoms with E-state index < -0.39 is 11.6 Å². The SMILES string of the molecule is Cc1ncsc1C1N(C2CCN(Cc3ccc(F)c(F)c3)CC2)C(=O)C12CCCC2. The normalized spacial score (nSPS) is 24.6. The van der Waals surface area contributed by atoms with Crippen LogP contribution in [0.15, 0.2) is 23.7 Å². The van der Waals surface area contributed by atoms with Gasteiger partial charge in [-0.05, 0) is 50.3 Å². The molecule has 3 fully saturated rings. The van der Waals surface area contributed by atoms with E-state index >= 15 is 0 Å². The van der Waals surface area contributed by atoms with Gasteiger partial charge >= 0.3 is 0 Å². The Morgan fingerprint density at radius 1 is 1.17 bits per heavy atom. The minimum absolute atomic E-state index is 0.183. The summed E-state index contributed by atoms with van der Waals surface area (Å²) in [6.45, 7) is 4.38. The lowest BCUT2D eigenvalue weighted by Crippen LogP contribution is -2.66.